The summed E-state index contributed by atoms with van der Waals surface area (Å²) in [6.45, 7) is 0. The lowest BCUT2D eigenvalue weighted by molar-refractivity contribution is -0.139. The Morgan fingerprint density at radius 3 is 3.00 bits per heavy atom. The molecule has 0 saturated carbocycles. The number of aromatic hydroxyl groups is 1. The first-order valence-electron chi connectivity index (χ1n) is 3.06. The van der Waals surface area contributed by atoms with E-state index in [2.05, 4.69) is 4.74 Å². The number of esters is 1. The van der Waals surface area contributed by atoms with Crippen LogP contribution < -0.4 is 0 Å². The largest absolute Gasteiger partial charge is 0.499 e. The Kier molecular flexibility index (Phi) is 2.48. The minimum atomic E-state index is -0.335. The quantitative estimate of drug-likeness (QED) is 0.681. The molecule has 1 rings (SSSR count). The number of hydrogen-bond donors (Lipinski definition) is 1. The highest BCUT2D eigenvalue weighted by Crippen LogP contribution is 2.24. The number of carbonyl (C=O) groups is 1. The summed E-state index contributed by atoms with van der Waals surface area (Å²) in [6, 6.07) is 1.71. The van der Waals surface area contributed by atoms with E-state index in [1.807, 2.05) is 0 Å². The minimum absolute atomic E-state index is 0.145. The molecule has 0 aliphatic carbocycles. The van der Waals surface area contributed by atoms with Crippen molar-refractivity contribution < 1.29 is 14.6 Å². The van der Waals surface area contributed by atoms with Crippen molar-refractivity contribution in [2.24, 2.45) is 0 Å². The van der Waals surface area contributed by atoms with Crippen LogP contribution >= 0.6 is 11.3 Å². The summed E-state index contributed by atoms with van der Waals surface area (Å²) in [5.41, 5.74) is 0.627. The number of rotatable bonds is 2. The Balaban J connectivity index is 2.64. The predicted octanol–water partition coefficient (Wildman–Crippen LogP) is 1.17. The topological polar surface area (TPSA) is 46.5 Å². The summed E-state index contributed by atoms with van der Waals surface area (Å²) in [6.07, 6.45) is 0.145. The Morgan fingerprint density at radius 1 is 1.82 bits per heavy atom. The fourth-order valence-corrected chi connectivity index (χ4v) is 1.34. The first kappa shape index (κ1) is 8.07. The zero-order valence-electron chi connectivity index (χ0n) is 6.03. The SMILES string of the molecule is COC(=O)Cc1ccsc1O. The van der Waals surface area contributed by atoms with Crippen LogP contribution in [0.1, 0.15) is 5.56 Å². The molecule has 0 aliphatic rings. The van der Waals surface area contributed by atoms with Crippen LogP contribution in [0, 0.1) is 0 Å². The van der Waals surface area contributed by atoms with Crippen LogP contribution in [-0.2, 0) is 16.0 Å². The van der Waals surface area contributed by atoms with Crippen LogP contribution in [0.5, 0.6) is 5.06 Å². The van der Waals surface area contributed by atoms with E-state index in [4.69, 9.17) is 5.11 Å². The fraction of sp³-hybridized carbons (Fsp3) is 0.286. The zero-order valence-corrected chi connectivity index (χ0v) is 6.85. The molecule has 0 radical (unpaired) electrons. The maximum Gasteiger partial charge on any atom is 0.310 e. The number of thiophene rings is 1. The summed E-state index contributed by atoms with van der Waals surface area (Å²) in [4.78, 5) is 10.7. The summed E-state index contributed by atoms with van der Waals surface area (Å²) in [5, 5.41) is 11.0. The fourth-order valence-electron chi connectivity index (χ4n) is 0.690. The predicted molar refractivity (Wildman–Crippen MR) is 41.7 cm³/mol. The van der Waals surface area contributed by atoms with Crippen molar-refractivity contribution >= 4 is 17.3 Å². The van der Waals surface area contributed by atoms with Crippen LogP contribution in [-0.4, -0.2) is 18.2 Å². The molecule has 3 nitrogen and oxygen atoms in total. The Bertz CT molecular complexity index is 254. The standard InChI is InChI=1S/C7H8O3S/c1-10-6(8)4-5-2-3-11-7(5)9/h2-3,9H,4H2,1H3. The molecule has 0 aliphatic heterocycles. The number of ether oxygens (including phenoxy) is 1. The highest BCUT2D eigenvalue weighted by molar-refractivity contribution is 7.11. The lowest BCUT2D eigenvalue weighted by Gasteiger charge is -1.95. The number of hydrogen-bond acceptors (Lipinski definition) is 4. The molecule has 0 unspecified atom stereocenters. The zero-order chi connectivity index (χ0) is 8.27. The summed E-state index contributed by atoms with van der Waals surface area (Å²) in [5.74, 6) is -0.335. The Morgan fingerprint density at radius 2 is 2.55 bits per heavy atom. The highest BCUT2D eigenvalue weighted by Gasteiger charge is 2.07. The Labute approximate surface area is 68.2 Å². The van der Waals surface area contributed by atoms with E-state index in [1.165, 1.54) is 18.4 Å². The van der Waals surface area contributed by atoms with E-state index >= 15 is 0 Å². The van der Waals surface area contributed by atoms with Gasteiger partial charge in [0.1, 0.15) is 0 Å². The lowest BCUT2D eigenvalue weighted by atomic mass is 10.2. The van der Waals surface area contributed by atoms with Gasteiger partial charge in [-0.05, 0) is 11.4 Å². The molecule has 1 aromatic rings. The van der Waals surface area contributed by atoms with Gasteiger partial charge in [0.25, 0.3) is 0 Å². The average Bonchev–Trinajstić information content (AvgIpc) is 2.37. The monoisotopic (exact) mass is 172 g/mol. The second-order valence-electron chi connectivity index (χ2n) is 2.00. The molecule has 0 fully saturated rings. The second kappa shape index (κ2) is 3.39. The Hall–Kier alpha value is -1.03. The minimum Gasteiger partial charge on any atom is -0.499 e. The third-order valence-corrected chi connectivity index (χ3v) is 2.04. The third-order valence-electron chi connectivity index (χ3n) is 1.29. The van der Waals surface area contributed by atoms with Gasteiger partial charge in [-0.1, -0.05) is 0 Å². The van der Waals surface area contributed by atoms with Crippen molar-refractivity contribution in [1.82, 2.24) is 0 Å². The molecule has 1 N–H and O–H groups in total. The average molecular weight is 172 g/mol. The molecule has 0 bridgehead atoms. The van der Waals surface area contributed by atoms with Gasteiger partial charge in [0, 0.05) is 5.56 Å². The molecule has 1 heterocycles. The van der Waals surface area contributed by atoms with Crippen LogP contribution in [0.3, 0.4) is 0 Å². The van der Waals surface area contributed by atoms with E-state index in [9.17, 15) is 4.79 Å². The van der Waals surface area contributed by atoms with Gasteiger partial charge in [-0.15, -0.1) is 11.3 Å². The maximum atomic E-state index is 10.7. The van der Waals surface area contributed by atoms with E-state index in [0.717, 1.165) is 0 Å². The van der Waals surface area contributed by atoms with Crippen LogP contribution in [0.25, 0.3) is 0 Å². The molecular weight excluding hydrogens is 164 g/mol. The van der Waals surface area contributed by atoms with Gasteiger partial charge in [-0.2, -0.15) is 0 Å². The second-order valence-corrected chi connectivity index (χ2v) is 2.90. The van der Waals surface area contributed by atoms with Crippen molar-refractivity contribution in [2.45, 2.75) is 6.42 Å². The van der Waals surface area contributed by atoms with Crippen LogP contribution in [0.2, 0.25) is 0 Å². The van der Waals surface area contributed by atoms with Gasteiger partial charge in [-0.3, -0.25) is 4.79 Å². The van der Waals surface area contributed by atoms with Crippen molar-refractivity contribution in [3.63, 3.8) is 0 Å². The van der Waals surface area contributed by atoms with E-state index < -0.39 is 0 Å². The van der Waals surface area contributed by atoms with Crippen molar-refractivity contribution in [3.8, 4) is 5.06 Å². The molecule has 0 saturated heterocycles. The molecule has 4 heteroatoms. The van der Waals surface area contributed by atoms with Gasteiger partial charge in [0.15, 0.2) is 5.06 Å². The van der Waals surface area contributed by atoms with Gasteiger partial charge in [0.2, 0.25) is 0 Å². The normalized spacial score (nSPS) is 9.55. The van der Waals surface area contributed by atoms with Gasteiger partial charge in [-0.25, -0.2) is 0 Å². The number of methoxy groups -OCH3 is 1. The lowest BCUT2D eigenvalue weighted by Crippen LogP contribution is -2.03. The van der Waals surface area contributed by atoms with E-state index in [1.54, 1.807) is 11.4 Å². The first-order valence-corrected chi connectivity index (χ1v) is 3.94. The summed E-state index contributed by atoms with van der Waals surface area (Å²) in [7, 11) is 1.33. The van der Waals surface area contributed by atoms with Crippen LogP contribution in [0.15, 0.2) is 11.4 Å². The molecule has 1 aromatic heterocycles. The molecule has 0 amide bonds. The highest BCUT2D eigenvalue weighted by atomic mass is 32.1. The molecule has 60 valence electrons. The molecule has 11 heavy (non-hydrogen) atoms. The third kappa shape index (κ3) is 1.94. The number of carbonyl (C=O) groups excluding carboxylic acids is 1. The molecule has 0 spiro atoms. The van der Waals surface area contributed by atoms with Gasteiger partial charge >= 0.3 is 5.97 Å². The maximum absolute atomic E-state index is 10.7. The molecular formula is C7H8O3S. The van der Waals surface area contributed by atoms with Crippen molar-refractivity contribution in [3.05, 3.63) is 17.0 Å². The van der Waals surface area contributed by atoms with Gasteiger partial charge in [0.05, 0.1) is 13.5 Å². The van der Waals surface area contributed by atoms with Gasteiger partial charge < -0.3 is 9.84 Å². The van der Waals surface area contributed by atoms with E-state index in [0.29, 0.717) is 5.56 Å². The van der Waals surface area contributed by atoms with Crippen molar-refractivity contribution in [2.75, 3.05) is 7.11 Å². The van der Waals surface area contributed by atoms with E-state index in [-0.39, 0.29) is 17.5 Å². The summed E-state index contributed by atoms with van der Waals surface area (Å²) < 4.78 is 4.43. The van der Waals surface area contributed by atoms with Crippen molar-refractivity contribution in [1.29, 1.82) is 0 Å². The smallest absolute Gasteiger partial charge is 0.310 e. The summed E-state index contributed by atoms with van der Waals surface area (Å²) >= 11 is 1.20. The molecule has 0 aromatic carbocycles. The molecule has 0 atom stereocenters. The first-order chi connectivity index (χ1) is 5.24. The van der Waals surface area contributed by atoms with Crippen LogP contribution in [0.4, 0.5) is 0 Å².